The lowest BCUT2D eigenvalue weighted by Crippen LogP contribution is -2.33. The minimum Gasteiger partial charge on any atom is -0.354 e. The molecule has 0 aliphatic rings. The van der Waals surface area contributed by atoms with Crippen LogP contribution in [-0.4, -0.2) is 65.1 Å². The molecule has 0 atom stereocenters. The summed E-state index contributed by atoms with van der Waals surface area (Å²) in [6.07, 6.45) is 2.75. The first-order valence-corrected chi connectivity index (χ1v) is 7.50. The molecule has 0 aliphatic heterocycles. The highest BCUT2D eigenvalue weighted by Crippen LogP contribution is 2.22. The lowest BCUT2D eigenvalue weighted by Gasteiger charge is -2.25. The van der Waals surface area contributed by atoms with Crippen molar-refractivity contribution in [3.05, 3.63) is 6.33 Å². The van der Waals surface area contributed by atoms with Crippen molar-refractivity contribution in [2.45, 2.75) is 20.3 Å². The molecule has 2 rings (SSSR count). The van der Waals surface area contributed by atoms with E-state index in [1.165, 1.54) is 0 Å². The predicted molar refractivity (Wildman–Crippen MR) is 86.9 cm³/mol. The van der Waals surface area contributed by atoms with E-state index in [2.05, 4.69) is 56.1 Å². The van der Waals surface area contributed by atoms with Gasteiger partial charge < -0.3 is 20.1 Å². The third kappa shape index (κ3) is 3.81. The van der Waals surface area contributed by atoms with E-state index in [4.69, 9.17) is 0 Å². The van der Waals surface area contributed by atoms with Crippen LogP contribution in [0.1, 0.15) is 20.3 Å². The quantitative estimate of drug-likeness (QED) is 0.769. The second-order valence-electron chi connectivity index (χ2n) is 5.29. The Morgan fingerprint density at radius 1 is 1.14 bits per heavy atom. The summed E-state index contributed by atoms with van der Waals surface area (Å²) < 4.78 is 0. The minimum absolute atomic E-state index is 0.637. The second-order valence-corrected chi connectivity index (χ2v) is 5.29. The number of hydrogen-bond donors (Lipinski definition) is 2. The van der Waals surface area contributed by atoms with Crippen LogP contribution in [-0.2, 0) is 0 Å². The molecule has 7 nitrogen and oxygen atoms in total. The first kappa shape index (κ1) is 15.5. The van der Waals surface area contributed by atoms with Gasteiger partial charge in [0.15, 0.2) is 11.5 Å². The van der Waals surface area contributed by atoms with Gasteiger partial charge in [-0.15, -0.1) is 0 Å². The predicted octanol–water partition coefficient (Wildman–Crippen LogP) is 1.56. The highest BCUT2D eigenvalue weighted by Gasteiger charge is 2.16. The van der Waals surface area contributed by atoms with E-state index in [0.717, 1.165) is 43.9 Å². The fourth-order valence-corrected chi connectivity index (χ4v) is 2.20. The highest BCUT2D eigenvalue weighted by molar-refractivity contribution is 5.84. The van der Waals surface area contributed by atoms with Gasteiger partial charge in [-0.25, -0.2) is 4.98 Å². The van der Waals surface area contributed by atoms with Crippen LogP contribution in [0.4, 0.5) is 11.8 Å². The average molecular weight is 291 g/mol. The maximum absolute atomic E-state index is 4.67. The molecular formula is C14H25N7. The molecule has 116 valence electrons. The van der Waals surface area contributed by atoms with Crippen molar-refractivity contribution in [1.29, 1.82) is 0 Å². The van der Waals surface area contributed by atoms with Crippen LogP contribution in [0.3, 0.4) is 0 Å². The second kappa shape index (κ2) is 7.21. The van der Waals surface area contributed by atoms with Crippen molar-refractivity contribution in [3.63, 3.8) is 0 Å². The molecule has 2 aromatic rings. The Morgan fingerprint density at radius 3 is 2.62 bits per heavy atom. The molecule has 2 aromatic heterocycles. The normalized spacial score (nSPS) is 11.3. The van der Waals surface area contributed by atoms with E-state index in [0.29, 0.717) is 11.6 Å². The number of rotatable bonds is 8. The summed E-state index contributed by atoms with van der Waals surface area (Å²) in [4.78, 5) is 21.0. The lowest BCUT2D eigenvalue weighted by atomic mass is 10.3. The Hall–Kier alpha value is -1.89. The lowest BCUT2D eigenvalue weighted by molar-refractivity contribution is 0.412. The summed E-state index contributed by atoms with van der Waals surface area (Å²) >= 11 is 0. The van der Waals surface area contributed by atoms with Gasteiger partial charge in [-0.1, -0.05) is 6.92 Å². The zero-order chi connectivity index (χ0) is 15.2. The van der Waals surface area contributed by atoms with Crippen LogP contribution < -0.4 is 10.2 Å². The fraction of sp³-hybridized carbons (Fsp3) is 0.643. The van der Waals surface area contributed by atoms with Crippen molar-refractivity contribution in [1.82, 2.24) is 24.8 Å². The number of aromatic amines is 1. The molecule has 2 heterocycles. The molecule has 0 bridgehead atoms. The minimum atomic E-state index is 0.637. The molecular weight excluding hydrogens is 266 g/mol. The van der Waals surface area contributed by atoms with Crippen LogP contribution >= 0.6 is 0 Å². The number of aromatic nitrogens is 4. The van der Waals surface area contributed by atoms with Gasteiger partial charge in [0.05, 0.1) is 6.33 Å². The summed E-state index contributed by atoms with van der Waals surface area (Å²) in [5, 5.41) is 3.18. The van der Waals surface area contributed by atoms with Crippen molar-refractivity contribution < 1.29 is 0 Å². The van der Waals surface area contributed by atoms with Gasteiger partial charge in [0.1, 0.15) is 5.52 Å². The van der Waals surface area contributed by atoms with Crippen molar-refractivity contribution in [2.24, 2.45) is 0 Å². The van der Waals surface area contributed by atoms with Crippen LogP contribution in [0.15, 0.2) is 6.33 Å². The summed E-state index contributed by atoms with van der Waals surface area (Å²) in [6, 6.07) is 0. The number of fused-ring (bicyclic) bond motifs is 1. The number of nitrogens with zero attached hydrogens (tertiary/aromatic N) is 5. The third-order valence-corrected chi connectivity index (χ3v) is 3.21. The number of nitrogens with one attached hydrogen (secondary N) is 2. The zero-order valence-electron chi connectivity index (χ0n) is 13.3. The Labute approximate surface area is 125 Å². The molecule has 0 aliphatic carbocycles. The smallest absolute Gasteiger partial charge is 0.226 e. The standard InChI is InChI=1S/C14H25N7/c1-5-7-21(9-8-20(3)4)13-11-12(17-10-16-11)18-14(19-13)15-6-2/h10H,5-9H2,1-4H3,(H2,15,16,17,18,19). The molecule has 0 aromatic carbocycles. The molecule has 21 heavy (non-hydrogen) atoms. The Bertz CT molecular complexity index is 563. The first-order valence-electron chi connectivity index (χ1n) is 7.50. The zero-order valence-corrected chi connectivity index (χ0v) is 13.3. The van der Waals surface area contributed by atoms with Gasteiger partial charge in [-0.05, 0) is 27.4 Å². The average Bonchev–Trinajstić information content (AvgIpc) is 2.91. The summed E-state index contributed by atoms with van der Waals surface area (Å²) in [7, 11) is 4.17. The Kier molecular flexibility index (Phi) is 5.32. The molecule has 0 spiro atoms. The molecule has 7 heteroatoms. The highest BCUT2D eigenvalue weighted by atomic mass is 15.3. The van der Waals surface area contributed by atoms with Gasteiger partial charge in [-0.2, -0.15) is 9.97 Å². The van der Waals surface area contributed by atoms with E-state index < -0.39 is 0 Å². The van der Waals surface area contributed by atoms with Gasteiger partial charge >= 0.3 is 0 Å². The van der Waals surface area contributed by atoms with E-state index in [-0.39, 0.29) is 0 Å². The monoisotopic (exact) mass is 291 g/mol. The molecule has 2 N–H and O–H groups in total. The summed E-state index contributed by atoms with van der Waals surface area (Å²) in [5.74, 6) is 1.57. The molecule has 0 saturated carbocycles. The Balaban J connectivity index is 2.36. The maximum Gasteiger partial charge on any atom is 0.226 e. The maximum atomic E-state index is 4.67. The number of anilines is 2. The molecule has 0 saturated heterocycles. The fourth-order valence-electron chi connectivity index (χ4n) is 2.20. The summed E-state index contributed by atoms with van der Waals surface area (Å²) in [5.41, 5.74) is 1.62. The topological polar surface area (TPSA) is 73.0 Å². The van der Waals surface area contributed by atoms with E-state index in [1.54, 1.807) is 6.33 Å². The van der Waals surface area contributed by atoms with Crippen molar-refractivity contribution >= 4 is 22.9 Å². The molecule has 0 unspecified atom stereocenters. The number of H-pyrrole nitrogens is 1. The van der Waals surface area contributed by atoms with Crippen LogP contribution in [0, 0.1) is 0 Å². The number of imidazole rings is 1. The van der Waals surface area contributed by atoms with Gasteiger partial charge in [-0.3, -0.25) is 0 Å². The van der Waals surface area contributed by atoms with Crippen LogP contribution in [0.25, 0.3) is 11.2 Å². The van der Waals surface area contributed by atoms with E-state index >= 15 is 0 Å². The van der Waals surface area contributed by atoms with E-state index in [9.17, 15) is 0 Å². The molecule has 0 radical (unpaired) electrons. The summed E-state index contributed by atoms with van der Waals surface area (Å²) in [6.45, 7) is 7.88. The van der Waals surface area contributed by atoms with Gasteiger partial charge in [0, 0.05) is 26.2 Å². The number of likely N-dealkylation sites (N-methyl/N-ethyl adjacent to an activating group) is 1. The first-order chi connectivity index (χ1) is 10.2. The van der Waals surface area contributed by atoms with Gasteiger partial charge in [0.25, 0.3) is 0 Å². The molecule has 0 fully saturated rings. The SMILES string of the molecule is CCCN(CCN(C)C)c1nc(NCC)nc2nc[nH]c12. The third-order valence-electron chi connectivity index (χ3n) is 3.21. The Morgan fingerprint density at radius 2 is 1.95 bits per heavy atom. The van der Waals surface area contributed by atoms with Crippen LogP contribution in [0.5, 0.6) is 0 Å². The van der Waals surface area contributed by atoms with Gasteiger partial charge in [0.2, 0.25) is 5.95 Å². The van der Waals surface area contributed by atoms with Crippen molar-refractivity contribution in [2.75, 3.05) is 50.5 Å². The van der Waals surface area contributed by atoms with Crippen molar-refractivity contribution in [3.8, 4) is 0 Å². The largest absolute Gasteiger partial charge is 0.354 e. The number of hydrogen-bond acceptors (Lipinski definition) is 6. The van der Waals surface area contributed by atoms with E-state index in [1.807, 2.05) is 6.92 Å². The molecule has 0 amide bonds. The van der Waals surface area contributed by atoms with Crippen LogP contribution in [0.2, 0.25) is 0 Å².